The molecule has 0 aliphatic carbocycles. The molecule has 0 fully saturated rings. The van der Waals surface area contributed by atoms with Crippen LogP contribution in [0.1, 0.15) is 11.4 Å². The molecule has 1 heterocycles. The lowest BCUT2D eigenvalue weighted by Gasteiger charge is -2.06. The van der Waals surface area contributed by atoms with E-state index >= 15 is 0 Å². The second-order valence-electron chi connectivity index (χ2n) is 3.72. The first-order chi connectivity index (χ1) is 7.09. The van der Waals surface area contributed by atoms with Crippen molar-refractivity contribution in [2.24, 2.45) is 7.05 Å². The molecule has 2 aromatic rings. The summed E-state index contributed by atoms with van der Waals surface area (Å²) in [4.78, 5) is 0. The van der Waals surface area contributed by atoms with Gasteiger partial charge < -0.3 is 10.3 Å². The standard InChI is InChI=1S/C11H14N4/c1-7-4-5-10(12)9(6-7)11-14-13-8(2)15(11)3/h4-6H,12H2,1-3H3. The quantitative estimate of drug-likeness (QED) is 0.716. The van der Waals surface area contributed by atoms with E-state index in [4.69, 9.17) is 5.73 Å². The second kappa shape index (κ2) is 3.38. The Morgan fingerprint density at radius 3 is 2.53 bits per heavy atom. The number of aryl methyl sites for hydroxylation is 2. The van der Waals surface area contributed by atoms with Crippen LogP contribution in [0.25, 0.3) is 11.4 Å². The van der Waals surface area contributed by atoms with Gasteiger partial charge in [-0.1, -0.05) is 11.6 Å². The van der Waals surface area contributed by atoms with Crippen molar-refractivity contribution in [2.75, 3.05) is 5.73 Å². The molecule has 4 nitrogen and oxygen atoms in total. The molecular weight excluding hydrogens is 188 g/mol. The molecule has 0 radical (unpaired) electrons. The van der Waals surface area contributed by atoms with Crippen LogP contribution in [0.4, 0.5) is 5.69 Å². The van der Waals surface area contributed by atoms with Crippen LogP contribution < -0.4 is 5.73 Å². The van der Waals surface area contributed by atoms with Gasteiger partial charge in [0.2, 0.25) is 0 Å². The Bertz CT molecular complexity index is 499. The van der Waals surface area contributed by atoms with E-state index in [0.717, 1.165) is 22.9 Å². The van der Waals surface area contributed by atoms with Gasteiger partial charge in [0.05, 0.1) is 0 Å². The fraction of sp³-hybridized carbons (Fsp3) is 0.273. The lowest BCUT2D eigenvalue weighted by atomic mass is 10.1. The minimum atomic E-state index is 0.733. The van der Waals surface area contributed by atoms with Crippen LogP contribution in [0.2, 0.25) is 0 Å². The number of benzene rings is 1. The van der Waals surface area contributed by atoms with Crippen molar-refractivity contribution in [3.8, 4) is 11.4 Å². The van der Waals surface area contributed by atoms with Gasteiger partial charge in [-0.15, -0.1) is 10.2 Å². The fourth-order valence-corrected chi connectivity index (χ4v) is 1.51. The molecule has 0 unspecified atom stereocenters. The zero-order valence-electron chi connectivity index (χ0n) is 9.15. The summed E-state index contributed by atoms with van der Waals surface area (Å²) in [7, 11) is 1.94. The van der Waals surface area contributed by atoms with Gasteiger partial charge in [-0.2, -0.15) is 0 Å². The number of anilines is 1. The topological polar surface area (TPSA) is 56.7 Å². The van der Waals surface area contributed by atoms with Crippen LogP contribution in [0.3, 0.4) is 0 Å². The Labute approximate surface area is 88.8 Å². The maximum atomic E-state index is 5.92. The second-order valence-corrected chi connectivity index (χ2v) is 3.72. The minimum Gasteiger partial charge on any atom is -0.398 e. The van der Waals surface area contributed by atoms with Crippen molar-refractivity contribution in [1.29, 1.82) is 0 Å². The van der Waals surface area contributed by atoms with Crippen molar-refractivity contribution < 1.29 is 0 Å². The Kier molecular flexibility index (Phi) is 2.19. The van der Waals surface area contributed by atoms with Crippen LogP contribution in [-0.2, 0) is 7.05 Å². The third-order valence-electron chi connectivity index (χ3n) is 2.54. The normalized spacial score (nSPS) is 10.6. The molecule has 0 amide bonds. The van der Waals surface area contributed by atoms with E-state index in [1.165, 1.54) is 5.56 Å². The molecule has 0 saturated heterocycles. The first kappa shape index (κ1) is 9.71. The van der Waals surface area contributed by atoms with E-state index in [1.807, 2.05) is 43.7 Å². The van der Waals surface area contributed by atoms with E-state index in [1.54, 1.807) is 0 Å². The fourth-order valence-electron chi connectivity index (χ4n) is 1.51. The zero-order valence-corrected chi connectivity index (χ0v) is 9.15. The highest BCUT2D eigenvalue weighted by Crippen LogP contribution is 2.24. The third-order valence-corrected chi connectivity index (χ3v) is 2.54. The van der Waals surface area contributed by atoms with Crippen LogP contribution in [0, 0.1) is 13.8 Å². The van der Waals surface area contributed by atoms with Crippen LogP contribution in [0.5, 0.6) is 0 Å². The number of nitrogens with zero attached hydrogens (tertiary/aromatic N) is 3. The van der Waals surface area contributed by atoms with Crippen molar-refractivity contribution in [3.63, 3.8) is 0 Å². The molecular formula is C11H14N4. The van der Waals surface area contributed by atoms with Crippen molar-refractivity contribution in [1.82, 2.24) is 14.8 Å². The molecule has 0 spiro atoms. The molecule has 1 aromatic carbocycles. The van der Waals surface area contributed by atoms with Crippen molar-refractivity contribution in [3.05, 3.63) is 29.6 Å². The summed E-state index contributed by atoms with van der Waals surface area (Å²) in [5, 5.41) is 8.14. The Hall–Kier alpha value is -1.84. The van der Waals surface area contributed by atoms with Crippen molar-refractivity contribution >= 4 is 5.69 Å². The molecule has 0 atom stereocenters. The zero-order chi connectivity index (χ0) is 11.0. The van der Waals surface area contributed by atoms with Gasteiger partial charge in [0.15, 0.2) is 5.82 Å². The molecule has 2 rings (SSSR count). The predicted octanol–water partition coefficient (Wildman–Crippen LogP) is 1.68. The summed E-state index contributed by atoms with van der Waals surface area (Å²) < 4.78 is 1.94. The number of hydrogen-bond donors (Lipinski definition) is 1. The first-order valence-corrected chi connectivity index (χ1v) is 4.82. The Balaban J connectivity index is 2.63. The van der Waals surface area contributed by atoms with Gasteiger partial charge in [-0.3, -0.25) is 0 Å². The summed E-state index contributed by atoms with van der Waals surface area (Å²) in [6.07, 6.45) is 0. The van der Waals surface area contributed by atoms with Crippen LogP contribution in [-0.4, -0.2) is 14.8 Å². The molecule has 78 valence electrons. The van der Waals surface area contributed by atoms with E-state index in [2.05, 4.69) is 10.2 Å². The Morgan fingerprint density at radius 2 is 1.93 bits per heavy atom. The monoisotopic (exact) mass is 202 g/mol. The summed E-state index contributed by atoms with van der Waals surface area (Å²) in [6, 6.07) is 5.91. The molecule has 4 heteroatoms. The Morgan fingerprint density at radius 1 is 1.20 bits per heavy atom. The van der Waals surface area contributed by atoms with E-state index in [9.17, 15) is 0 Å². The van der Waals surface area contributed by atoms with Crippen LogP contribution >= 0.6 is 0 Å². The van der Waals surface area contributed by atoms with E-state index in [0.29, 0.717) is 0 Å². The summed E-state index contributed by atoms with van der Waals surface area (Å²) in [5.41, 5.74) is 8.76. The number of aromatic nitrogens is 3. The molecule has 0 aliphatic heterocycles. The highest BCUT2D eigenvalue weighted by Gasteiger charge is 2.10. The predicted molar refractivity (Wildman–Crippen MR) is 60.3 cm³/mol. The number of nitrogens with two attached hydrogens (primary N) is 1. The smallest absolute Gasteiger partial charge is 0.165 e. The highest BCUT2D eigenvalue weighted by molar-refractivity contribution is 5.72. The molecule has 1 aromatic heterocycles. The lowest BCUT2D eigenvalue weighted by Crippen LogP contribution is -1.98. The van der Waals surface area contributed by atoms with Gasteiger partial charge in [-0.05, 0) is 26.0 Å². The van der Waals surface area contributed by atoms with Crippen LogP contribution in [0.15, 0.2) is 18.2 Å². The van der Waals surface area contributed by atoms with E-state index in [-0.39, 0.29) is 0 Å². The minimum absolute atomic E-state index is 0.733. The number of rotatable bonds is 1. The SMILES string of the molecule is Cc1ccc(N)c(-c2nnc(C)n2C)c1. The average molecular weight is 202 g/mol. The lowest BCUT2D eigenvalue weighted by molar-refractivity contribution is 0.865. The van der Waals surface area contributed by atoms with Gasteiger partial charge in [0.1, 0.15) is 5.82 Å². The first-order valence-electron chi connectivity index (χ1n) is 4.82. The average Bonchev–Trinajstić information content (AvgIpc) is 2.52. The summed E-state index contributed by atoms with van der Waals surface area (Å²) in [6.45, 7) is 3.95. The molecule has 0 saturated carbocycles. The van der Waals surface area contributed by atoms with Gasteiger partial charge in [-0.25, -0.2) is 0 Å². The molecule has 2 N–H and O–H groups in total. The molecule has 0 aliphatic rings. The summed E-state index contributed by atoms with van der Waals surface area (Å²) in [5.74, 6) is 1.69. The molecule has 0 bridgehead atoms. The van der Waals surface area contributed by atoms with E-state index < -0.39 is 0 Å². The van der Waals surface area contributed by atoms with Gasteiger partial charge >= 0.3 is 0 Å². The maximum Gasteiger partial charge on any atom is 0.165 e. The number of nitrogen functional groups attached to an aromatic ring is 1. The summed E-state index contributed by atoms with van der Waals surface area (Å²) >= 11 is 0. The van der Waals surface area contributed by atoms with Gasteiger partial charge in [0.25, 0.3) is 0 Å². The maximum absolute atomic E-state index is 5.92. The number of hydrogen-bond acceptors (Lipinski definition) is 3. The van der Waals surface area contributed by atoms with Gasteiger partial charge in [0, 0.05) is 18.3 Å². The largest absolute Gasteiger partial charge is 0.398 e. The molecule has 15 heavy (non-hydrogen) atoms. The third kappa shape index (κ3) is 1.58. The van der Waals surface area contributed by atoms with Crippen molar-refractivity contribution in [2.45, 2.75) is 13.8 Å². The highest BCUT2D eigenvalue weighted by atomic mass is 15.3.